The van der Waals surface area contributed by atoms with Gasteiger partial charge in [-0.1, -0.05) is 30.2 Å². The molecule has 0 unspecified atom stereocenters. The van der Waals surface area contributed by atoms with Gasteiger partial charge in [0.2, 0.25) is 11.8 Å². The van der Waals surface area contributed by atoms with Crippen molar-refractivity contribution in [1.29, 1.82) is 0 Å². The van der Waals surface area contributed by atoms with Crippen molar-refractivity contribution < 1.29 is 23.5 Å². The fourth-order valence-corrected chi connectivity index (χ4v) is 4.09. The molecule has 2 aliphatic carbocycles. The van der Waals surface area contributed by atoms with Crippen molar-refractivity contribution in [3.63, 3.8) is 0 Å². The van der Waals surface area contributed by atoms with E-state index in [1.165, 1.54) is 18.3 Å². The molecule has 2 aliphatic rings. The largest absolute Gasteiger partial charge is 0.456 e. The number of ketones is 1. The van der Waals surface area contributed by atoms with Crippen LogP contribution in [0.1, 0.15) is 42.4 Å². The highest BCUT2D eigenvalue weighted by Gasteiger charge is 2.43. The third-order valence-corrected chi connectivity index (χ3v) is 6.41. The van der Waals surface area contributed by atoms with E-state index >= 15 is 0 Å². The second-order valence-corrected chi connectivity index (χ2v) is 9.48. The van der Waals surface area contributed by atoms with Gasteiger partial charge in [0, 0.05) is 36.9 Å². The summed E-state index contributed by atoms with van der Waals surface area (Å²) in [5, 5.41) is 0. The Balaban J connectivity index is 1.31. The Morgan fingerprint density at radius 3 is 1.95 bits per heavy atom. The molecule has 3 aromatic rings. The van der Waals surface area contributed by atoms with E-state index in [1.54, 1.807) is 42.5 Å². The second kappa shape index (κ2) is 10.4. The number of nitrogens with zero attached hydrogens (tertiary/aromatic N) is 2. The van der Waals surface area contributed by atoms with Crippen LogP contribution in [0.25, 0.3) is 0 Å². The zero-order valence-electron chi connectivity index (χ0n) is 20.2. The summed E-state index contributed by atoms with van der Waals surface area (Å²) in [6.45, 7) is 0. The van der Waals surface area contributed by atoms with E-state index in [0.29, 0.717) is 11.5 Å². The van der Waals surface area contributed by atoms with Crippen LogP contribution >= 0.6 is 0 Å². The van der Waals surface area contributed by atoms with Crippen molar-refractivity contribution >= 4 is 23.4 Å². The average molecular weight is 497 g/mol. The van der Waals surface area contributed by atoms with Gasteiger partial charge in [-0.25, -0.2) is 14.3 Å². The van der Waals surface area contributed by atoms with Crippen LogP contribution in [0.3, 0.4) is 0 Å². The van der Waals surface area contributed by atoms with Gasteiger partial charge in [0.05, 0.1) is 0 Å². The molecule has 0 atom stereocenters. The minimum absolute atomic E-state index is 0.00872. The molecule has 5 rings (SSSR count). The van der Waals surface area contributed by atoms with Gasteiger partial charge < -0.3 is 4.74 Å². The summed E-state index contributed by atoms with van der Waals surface area (Å²) in [5.41, 5.74) is 1.81. The first kappa shape index (κ1) is 24.4. The molecule has 0 bridgehead atoms. The predicted octanol–water partition coefficient (Wildman–Crippen LogP) is 5.03. The molecule has 1 aromatic heterocycles. The molecular formula is C30H25FN2O4. The highest BCUT2D eigenvalue weighted by Crippen LogP contribution is 2.39. The van der Waals surface area contributed by atoms with E-state index in [2.05, 4.69) is 10.9 Å². The molecule has 37 heavy (non-hydrogen) atoms. The summed E-state index contributed by atoms with van der Waals surface area (Å²) in [6, 6.07) is 14.5. The molecule has 6 nitrogen and oxygen atoms in total. The van der Waals surface area contributed by atoms with E-state index in [1.807, 2.05) is 0 Å². The number of amides is 2. The number of hydrogen-bond donors (Lipinski definition) is 0. The standard InChI is InChI=1S/C30H25FN2O4/c1-2-26-27(15-16-32-28(26)33(29(35)21-7-8-21)30(36)22-9-10-22)37-25-13-5-20(6-14-25)18-24(34)17-19-3-11-23(31)12-4-19/h1,3-6,11-16,21-22H,7-10,17-18H2. The smallest absolute Gasteiger partial charge is 0.238 e. The maximum absolute atomic E-state index is 13.1. The van der Waals surface area contributed by atoms with E-state index in [-0.39, 0.29) is 59.5 Å². The highest BCUT2D eigenvalue weighted by atomic mass is 19.1. The van der Waals surface area contributed by atoms with Crippen molar-refractivity contribution in [3.05, 3.63) is 83.3 Å². The number of carbonyl (C=O) groups is 3. The number of benzene rings is 2. The van der Waals surface area contributed by atoms with Crippen LogP contribution in [-0.4, -0.2) is 22.6 Å². The monoisotopic (exact) mass is 496 g/mol. The average Bonchev–Trinajstić information content (AvgIpc) is 3.80. The fourth-order valence-electron chi connectivity index (χ4n) is 4.09. The number of aromatic nitrogens is 1. The van der Waals surface area contributed by atoms with Gasteiger partial charge in [0.25, 0.3) is 0 Å². The molecule has 2 amide bonds. The van der Waals surface area contributed by atoms with Crippen molar-refractivity contribution in [1.82, 2.24) is 4.98 Å². The SMILES string of the molecule is C#Cc1c(Oc2ccc(CC(=O)Cc3ccc(F)cc3)cc2)ccnc1N(C(=O)C1CC1)C(=O)C1CC1. The Morgan fingerprint density at radius 2 is 1.43 bits per heavy atom. The number of halogens is 1. The molecule has 0 N–H and O–H groups in total. The fraction of sp³-hybridized carbons (Fsp3) is 0.267. The minimum atomic E-state index is -0.335. The Kier molecular flexibility index (Phi) is 6.82. The third kappa shape index (κ3) is 5.75. The lowest BCUT2D eigenvalue weighted by atomic mass is 10.0. The number of carbonyl (C=O) groups excluding carboxylic acids is 3. The number of anilines is 1. The number of imide groups is 1. The predicted molar refractivity (Wildman–Crippen MR) is 135 cm³/mol. The number of rotatable bonds is 9. The van der Waals surface area contributed by atoms with Gasteiger partial charge in [-0.3, -0.25) is 14.4 Å². The summed E-state index contributed by atoms with van der Waals surface area (Å²) < 4.78 is 19.1. The van der Waals surface area contributed by atoms with E-state index < -0.39 is 0 Å². The van der Waals surface area contributed by atoms with Crippen molar-refractivity contribution in [2.24, 2.45) is 11.8 Å². The quantitative estimate of drug-likeness (QED) is 0.307. The van der Waals surface area contributed by atoms with Crippen LogP contribution in [-0.2, 0) is 27.2 Å². The van der Waals surface area contributed by atoms with Crippen LogP contribution in [0.2, 0.25) is 0 Å². The molecule has 0 saturated heterocycles. The van der Waals surface area contributed by atoms with Crippen LogP contribution in [0.5, 0.6) is 11.5 Å². The summed E-state index contributed by atoms with van der Waals surface area (Å²) in [6.07, 6.45) is 10.8. The van der Waals surface area contributed by atoms with Crippen molar-refractivity contribution in [2.45, 2.75) is 38.5 Å². The van der Waals surface area contributed by atoms with E-state index in [9.17, 15) is 18.8 Å². The normalized spacial score (nSPS) is 14.5. The maximum atomic E-state index is 13.1. The van der Waals surface area contributed by atoms with Crippen LogP contribution in [0, 0.1) is 30.0 Å². The van der Waals surface area contributed by atoms with E-state index in [4.69, 9.17) is 11.2 Å². The molecule has 0 aliphatic heterocycles. The van der Waals surface area contributed by atoms with Gasteiger partial charge in [-0.2, -0.15) is 0 Å². The highest BCUT2D eigenvalue weighted by molar-refractivity contribution is 6.17. The Labute approximate surface area is 214 Å². The van der Waals surface area contributed by atoms with Gasteiger partial charge in [-0.05, 0) is 61.1 Å². The molecule has 0 spiro atoms. The topological polar surface area (TPSA) is 76.6 Å². The number of hydrogen-bond acceptors (Lipinski definition) is 5. The molecule has 2 saturated carbocycles. The molecule has 2 aromatic carbocycles. The Hall–Kier alpha value is -4.31. The van der Waals surface area contributed by atoms with Gasteiger partial charge in [0.15, 0.2) is 5.82 Å². The first-order valence-electron chi connectivity index (χ1n) is 12.3. The first-order valence-corrected chi connectivity index (χ1v) is 12.3. The van der Waals surface area contributed by atoms with E-state index in [0.717, 1.165) is 41.7 Å². The van der Waals surface area contributed by atoms with Gasteiger partial charge >= 0.3 is 0 Å². The molecule has 7 heteroatoms. The molecular weight excluding hydrogens is 471 g/mol. The zero-order chi connectivity index (χ0) is 25.9. The Morgan fingerprint density at radius 1 is 0.892 bits per heavy atom. The molecule has 186 valence electrons. The molecule has 0 radical (unpaired) electrons. The first-order chi connectivity index (χ1) is 17.9. The second-order valence-electron chi connectivity index (χ2n) is 9.48. The number of ether oxygens (including phenoxy) is 1. The number of terminal acetylenes is 1. The lowest BCUT2D eigenvalue weighted by Gasteiger charge is -2.22. The van der Waals surface area contributed by atoms with Crippen LogP contribution < -0.4 is 9.64 Å². The lowest BCUT2D eigenvalue weighted by molar-refractivity contribution is -0.128. The summed E-state index contributed by atoms with van der Waals surface area (Å²) in [5.74, 6) is 2.31. The van der Waals surface area contributed by atoms with Gasteiger partial charge in [0.1, 0.15) is 28.7 Å². The van der Waals surface area contributed by atoms with Gasteiger partial charge in [-0.15, -0.1) is 6.42 Å². The van der Waals surface area contributed by atoms with Crippen molar-refractivity contribution in [3.8, 4) is 23.8 Å². The lowest BCUT2D eigenvalue weighted by Crippen LogP contribution is -2.40. The van der Waals surface area contributed by atoms with Crippen LogP contribution in [0.4, 0.5) is 10.2 Å². The summed E-state index contributed by atoms with van der Waals surface area (Å²) in [4.78, 5) is 43.9. The van der Waals surface area contributed by atoms with Crippen molar-refractivity contribution in [2.75, 3.05) is 4.90 Å². The molecule has 1 heterocycles. The Bertz CT molecular complexity index is 1360. The number of pyridine rings is 1. The summed E-state index contributed by atoms with van der Waals surface area (Å²) >= 11 is 0. The minimum Gasteiger partial charge on any atom is -0.456 e. The molecule has 2 fully saturated rings. The zero-order valence-corrected chi connectivity index (χ0v) is 20.2. The maximum Gasteiger partial charge on any atom is 0.238 e. The third-order valence-electron chi connectivity index (χ3n) is 6.41. The summed E-state index contributed by atoms with van der Waals surface area (Å²) in [7, 11) is 0. The van der Waals surface area contributed by atoms with Crippen LogP contribution in [0.15, 0.2) is 60.8 Å². The number of Topliss-reactive ketones (excluding diaryl/α,β-unsaturated/α-hetero) is 1.